The Morgan fingerprint density at radius 3 is 2.32 bits per heavy atom. The lowest BCUT2D eigenvalue weighted by molar-refractivity contribution is -0.144. The standard InChI is InChI=1S/C20H21NO4/c22-19(23)18-13-17(16-9-5-2-6-10-16)11-12-21(18)20(24)25-14-15-7-3-1-4-8-15/h1-10,17-18H,11-14H2,(H,22,23). The molecule has 0 spiro atoms. The summed E-state index contributed by atoms with van der Waals surface area (Å²) in [4.78, 5) is 25.4. The van der Waals surface area contributed by atoms with Crippen LogP contribution in [0.3, 0.4) is 0 Å². The van der Waals surface area contributed by atoms with Crippen LogP contribution in [0.25, 0.3) is 0 Å². The van der Waals surface area contributed by atoms with Crippen molar-refractivity contribution < 1.29 is 19.4 Å². The average Bonchev–Trinajstić information content (AvgIpc) is 2.67. The number of hydrogen-bond acceptors (Lipinski definition) is 3. The van der Waals surface area contributed by atoms with Crippen LogP contribution < -0.4 is 0 Å². The molecule has 2 unspecified atom stereocenters. The number of hydrogen-bond donors (Lipinski definition) is 1. The third-order valence-corrected chi connectivity index (χ3v) is 4.60. The van der Waals surface area contributed by atoms with Gasteiger partial charge in [0.1, 0.15) is 12.6 Å². The van der Waals surface area contributed by atoms with Gasteiger partial charge in [-0.3, -0.25) is 4.90 Å². The number of carboxylic acid groups (broad SMARTS) is 1. The highest BCUT2D eigenvalue weighted by Gasteiger charge is 2.37. The minimum atomic E-state index is -0.989. The van der Waals surface area contributed by atoms with Gasteiger partial charge in [-0.1, -0.05) is 60.7 Å². The van der Waals surface area contributed by atoms with E-state index in [2.05, 4.69) is 0 Å². The van der Waals surface area contributed by atoms with Gasteiger partial charge in [0.15, 0.2) is 0 Å². The average molecular weight is 339 g/mol. The molecule has 2 aromatic carbocycles. The van der Waals surface area contributed by atoms with E-state index < -0.39 is 18.1 Å². The summed E-state index contributed by atoms with van der Waals surface area (Å²) >= 11 is 0. The Morgan fingerprint density at radius 1 is 1.04 bits per heavy atom. The molecule has 1 amide bonds. The molecule has 1 aliphatic heterocycles. The molecule has 1 heterocycles. The predicted octanol–water partition coefficient (Wildman–Crippen LogP) is 3.66. The van der Waals surface area contributed by atoms with Gasteiger partial charge in [-0.15, -0.1) is 0 Å². The van der Waals surface area contributed by atoms with Crippen molar-refractivity contribution in [2.24, 2.45) is 0 Å². The predicted molar refractivity (Wildman–Crippen MR) is 93.2 cm³/mol. The summed E-state index contributed by atoms with van der Waals surface area (Å²) in [5.41, 5.74) is 1.99. The fourth-order valence-corrected chi connectivity index (χ4v) is 3.25. The number of aliphatic carboxylic acids is 1. The Balaban J connectivity index is 1.65. The third-order valence-electron chi connectivity index (χ3n) is 4.60. The van der Waals surface area contributed by atoms with Crippen LogP contribution in [-0.4, -0.2) is 34.7 Å². The maximum absolute atomic E-state index is 12.4. The molecule has 1 aliphatic rings. The Kier molecular flexibility index (Phi) is 5.33. The number of ether oxygens (including phenoxy) is 1. The van der Waals surface area contributed by atoms with Crippen LogP contribution in [0.4, 0.5) is 4.79 Å². The van der Waals surface area contributed by atoms with E-state index >= 15 is 0 Å². The van der Waals surface area contributed by atoms with Gasteiger partial charge >= 0.3 is 12.1 Å². The summed E-state index contributed by atoms with van der Waals surface area (Å²) in [5, 5.41) is 9.56. The summed E-state index contributed by atoms with van der Waals surface area (Å²) in [5.74, 6) is -0.849. The Labute approximate surface area is 146 Å². The summed E-state index contributed by atoms with van der Waals surface area (Å²) in [6, 6.07) is 18.4. The number of nitrogens with zero attached hydrogens (tertiary/aromatic N) is 1. The van der Waals surface area contributed by atoms with Crippen LogP contribution >= 0.6 is 0 Å². The van der Waals surface area contributed by atoms with E-state index in [1.807, 2.05) is 60.7 Å². The van der Waals surface area contributed by atoms with Gasteiger partial charge in [-0.2, -0.15) is 0 Å². The van der Waals surface area contributed by atoms with E-state index in [4.69, 9.17) is 4.74 Å². The lowest BCUT2D eigenvalue weighted by Crippen LogP contribution is -2.49. The van der Waals surface area contributed by atoms with Crippen molar-refractivity contribution in [1.82, 2.24) is 4.90 Å². The number of carboxylic acids is 1. The molecule has 1 N–H and O–H groups in total. The van der Waals surface area contributed by atoms with Crippen LogP contribution in [-0.2, 0) is 16.1 Å². The summed E-state index contributed by atoms with van der Waals surface area (Å²) in [6.07, 6.45) is 0.566. The summed E-state index contributed by atoms with van der Waals surface area (Å²) in [7, 11) is 0. The van der Waals surface area contributed by atoms with E-state index in [-0.39, 0.29) is 12.5 Å². The lowest BCUT2D eigenvalue weighted by atomic mass is 9.85. The van der Waals surface area contributed by atoms with Crippen molar-refractivity contribution in [3.63, 3.8) is 0 Å². The topological polar surface area (TPSA) is 66.8 Å². The van der Waals surface area contributed by atoms with Crippen molar-refractivity contribution in [3.8, 4) is 0 Å². The maximum Gasteiger partial charge on any atom is 0.410 e. The monoisotopic (exact) mass is 339 g/mol. The highest BCUT2D eigenvalue weighted by atomic mass is 16.6. The molecule has 25 heavy (non-hydrogen) atoms. The second-order valence-corrected chi connectivity index (χ2v) is 6.22. The molecular weight excluding hydrogens is 318 g/mol. The second-order valence-electron chi connectivity index (χ2n) is 6.22. The number of amides is 1. The van der Waals surface area contributed by atoms with Crippen molar-refractivity contribution in [3.05, 3.63) is 71.8 Å². The molecular formula is C20H21NO4. The van der Waals surface area contributed by atoms with Gasteiger partial charge in [-0.25, -0.2) is 9.59 Å². The highest BCUT2D eigenvalue weighted by Crippen LogP contribution is 2.32. The highest BCUT2D eigenvalue weighted by molar-refractivity contribution is 5.80. The Morgan fingerprint density at radius 2 is 1.68 bits per heavy atom. The van der Waals surface area contributed by atoms with Gasteiger partial charge in [0.25, 0.3) is 0 Å². The van der Waals surface area contributed by atoms with Crippen LogP contribution in [0.2, 0.25) is 0 Å². The molecule has 3 rings (SSSR count). The van der Waals surface area contributed by atoms with E-state index in [1.165, 1.54) is 4.90 Å². The van der Waals surface area contributed by atoms with Crippen LogP contribution in [0, 0.1) is 0 Å². The van der Waals surface area contributed by atoms with Crippen LogP contribution in [0.1, 0.15) is 29.9 Å². The van der Waals surface area contributed by atoms with Gasteiger partial charge < -0.3 is 9.84 Å². The minimum Gasteiger partial charge on any atom is -0.480 e. The Bertz CT molecular complexity index is 717. The molecule has 130 valence electrons. The van der Waals surface area contributed by atoms with E-state index in [0.29, 0.717) is 13.0 Å². The first-order chi connectivity index (χ1) is 12.1. The van der Waals surface area contributed by atoms with E-state index in [1.54, 1.807) is 0 Å². The molecule has 2 atom stereocenters. The second kappa shape index (κ2) is 7.83. The Hall–Kier alpha value is -2.82. The van der Waals surface area contributed by atoms with Crippen molar-refractivity contribution in [1.29, 1.82) is 0 Å². The third kappa shape index (κ3) is 4.18. The summed E-state index contributed by atoms with van der Waals surface area (Å²) < 4.78 is 5.31. The normalized spacial score (nSPS) is 20.1. The molecule has 0 aromatic heterocycles. The smallest absolute Gasteiger partial charge is 0.410 e. The van der Waals surface area contributed by atoms with Gasteiger partial charge in [0.05, 0.1) is 0 Å². The summed E-state index contributed by atoms with van der Waals surface area (Å²) in [6.45, 7) is 0.523. The fourth-order valence-electron chi connectivity index (χ4n) is 3.25. The molecule has 0 bridgehead atoms. The molecule has 2 aromatic rings. The number of rotatable bonds is 4. The first-order valence-electron chi connectivity index (χ1n) is 8.40. The van der Waals surface area contributed by atoms with Gasteiger partial charge in [-0.05, 0) is 29.9 Å². The van der Waals surface area contributed by atoms with E-state index in [0.717, 1.165) is 17.5 Å². The van der Waals surface area contributed by atoms with Crippen molar-refractivity contribution >= 4 is 12.1 Å². The zero-order valence-electron chi connectivity index (χ0n) is 13.9. The minimum absolute atomic E-state index is 0.139. The zero-order chi connectivity index (χ0) is 17.6. The zero-order valence-corrected chi connectivity index (χ0v) is 13.9. The number of piperidine rings is 1. The van der Waals surface area contributed by atoms with Gasteiger partial charge in [0.2, 0.25) is 0 Å². The van der Waals surface area contributed by atoms with Gasteiger partial charge in [0, 0.05) is 6.54 Å². The molecule has 0 saturated carbocycles. The number of carbonyl (C=O) groups is 2. The molecule has 1 saturated heterocycles. The SMILES string of the molecule is O=C(O)C1CC(c2ccccc2)CCN1C(=O)OCc1ccccc1. The molecule has 0 aliphatic carbocycles. The van der Waals surface area contributed by atoms with Crippen LogP contribution in [0.5, 0.6) is 0 Å². The molecule has 1 fully saturated rings. The maximum atomic E-state index is 12.4. The van der Waals surface area contributed by atoms with Crippen LogP contribution in [0.15, 0.2) is 60.7 Å². The fraction of sp³-hybridized carbons (Fsp3) is 0.300. The molecule has 5 nitrogen and oxygen atoms in total. The first kappa shape index (κ1) is 17.0. The van der Waals surface area contributed by atoms with Crippen molar-refractivity contribution in [2.45, 2.75) is 31.4 Å². The quantitative estimate of drug-likeness (QED) is 0.923. The van der Waals surface area contributed by atoms with E-state index in [9.17, 15) is 14.7 Å². The molecule has 0 radical (unpaired) electrons. The molecule has 5 heteroatoms. The largest absolute Gasteiger partial charge is 0.480 e. The lowest BCUT2D eigenvalue weighted by Gasteiger charge is -2.36. The number of benzene rings is 2. The first-order valence-corrected chi connectivity index (χ1v) is 8.40. The number of likely N-dealkylation sites (tertiary alicyclic amines) is 1. The number of carbonyl (C=O) groups excluding carboxylic acids is 1. The van der Waals surface area contributed by atoms with Crippen molar-refractivity contribution in [2.75, 3.05) is 6.54 Å².